The highest BCUT2D eigenvalue weighted by Crippen LogP contribution is 2.25. The van der Waals surface area contributed by atoms with E-state index in [1.807, 2.05) is 32.0 Å². The fourth-order valence-corrected chi connectivity index (χ4v) is 4.39. The van der Waals surface area contributed by atoms with Gasteiger partial charge in [-0.3, -0.25) is 4.79 Å². The number of ether oxygens (including phenoxy) is 2. The number of rotatable bonds is 7. The van der Waals surface area contributed by atoms with E-state index in [9.17, 15) is 9.90 Å². The lowest BCUT2D eigenvalue weighted by molar-refractivity contribution is -0.902. The quantitative estimate of drug-likeness (QED) is 0.592. The summed E-state index contributed by atoms with van der Waals surface area (Å²) < 4.78 is 17.2. The van der Waals surface area contributed by atoms with Gasteiger partial charge < -0.3 is 23.9 Å². The summed E-state index contributed by atoms with van der Waals surface area (Å²) in [7, 11) is 0. The molecule has 2 heterocycles. The van der Waals surface area contributed by atoms with E-state index < -0.39 is 6.10 Å². The molecule has 1 aliphatic rings. The van der Waals surface area contributed by atoms with E-state index in [4.69, 9.17) is 13.9 Å². The first-order valence-electron chi connectivity index (χ1n) is 11.4. The van der Waals surface area contributed by atoms with Gasteiger partial charge in [0, 0.05) is 6.07 Å². The van der Waals surface area contributed by atoms with Crippen molar-refractivity contribution in [1.82, 2.24) is 0 Å². The number of hydrogen-bond donors (Lipinski definition) is 2. The van der Waals surface area contributed by atoms with Crippen LogP contribution in [0.4, 0.5) is 0 Å². The monoisotopic (exact) mass is 438 g/mol. The number of aliphatic hydroxyl groups excluding tert-OH is 1. The third-order valence-electron chi connectivity index (χ3n) is 5.91. The van der Waals surface area contributed by atoms with Gasteiger partial charge in [-0.25, -0.2) is 0 Å². The molecule has 6 heteroatoms. The van der Waals surface area contributed by atoms with Crippen molar-refractivity contribution in [2.45, 2.75) is 45.6 Å². The van der Waals surface area contributed by atoms with E-state index in [2.05, 4.69) is 0 Å². The molecule has 1 saturated heterocycles. The van der Waals surface area contributed by atoms with Crippen molar-refractivity contribution in [2.75, 3.05) is 26.2 Å². The lowest BCUT2D eigenvalue weighted by Gasteiger charge is -2.20. The maximum absolute atomic E-state index is 12.9. The minimum atomic E-state index is -0.528. The van der Waals surface area contributed by atoms with Crippen LogP contribution in [-0.2, 0) is 0 Å². The molecule has 170 valence electrons. The molecule has 0 saturated carbocycles. The van der Waals surface area contributed by atoms with E-state index in [0.29, 0.717) is 29.0 Å². The number of hydrogen-bond acceptors (Lipinski definition) is 5. The van der Waals surface area contributed by atoms with Crippen LogP contribution in [0.2, 0.25) is 0 Å². The second-order valence-corrected chi connectivity index (χ2v) is 8.85. The minimum absolute atomic E-state index is 0.145. The largest absolute Gasteiger partial charge is 0.491 e. The molecule has 32 heavy (non-hydrogen) atoms. The van der Waals surface area contributed by atoms with Gasteiger partial charge in [0.05, 0.1) is 18.5 Å². The van der Waals surface area contributed by atoms with Crippen molar-refractivity contribution in [3.8, 4) is 17.2 Å². The highest BCUT2D eigenvalue weighted by Gasteiger charge is 2.18. The molecule has 0 bridgehead atoms. The molecule has 0 aliphatic carbocycles. The average molecular weight is 439 g/mol. The van der Waals surface area contributed by atoms with E-state index in [1.54, 1.807) is 18.2 Å². The maximum Gasteiger partial charge on any atom is 0.235 e. The van der Waals surface area contributed by atoms with E-state index in [0.717, 1.165) is 24.2 Å². The third kappa shape index (κ3) is 5.69. The standard InChI is InChI=1S/C26H31NO5/c1-18-11-19(2)13-22(12-18)32-25-17-31-24-14-21(7-8-23(24)26(25)29)30-16-20(28)15-27-9-5-3-4-6-10-27/h7-8,11-14,17,20,28H,3-6,9-10,15-16H2,1-2H3/p+1. The first-order valence-corrected chi connectivity index (χ1v) is 11.4. The Kier molecular flexibility index (Phi) is 7.12. The molecule has 1 fully saturated rings. The number of aryl methyl sites for hydroxylation is 2. The molecule has 0 amide bonds. The number of benzene rings is 2. The van der Waals surface area contributed by atoms with Gasteiger partial charge in [-0.2, -0.15) is 0 Å². The van der Waals surface area contributed by atoms with Crippen molar-refractivity contribution in [3.05, 3.63) is 64.0 Å². The smallest absolute Gasteiger partial charge is 0.235 e. The number of fused-ring (bicyclic) bond motifs is 1. The van der Waals surface area contributed by atoms with Crippen LogP contribution in [0.5, 0.6) is 17.2 Å². The topological polar surface area (TPSA) is 73.3 Å². The fourth-order valence-electron chi connectivity index (χ4n) is 4.39. The molecular formula is C26H32NO5+. The molecule has 0 radical (unpaired) electrons. The summed E-state index contributed by atoms with van der Waals surface area (Å²) in [6.07, 6.45) is 5.83. The first kappa shape index (κ1) is 22.4. The summed E-state index contributed by atoms with van der Waals surface area (Å²) in [5, 5.41) is 10.8. The second-order valence-electron chi connectivity index (χ2n) is 8.85. The second kappa shape index (κ2) is 10.2. The summed E-state index contributed by atoms with van der Waals surface area (Å²) in [4.78, 5) is 14.3. The van der Waals surface area contributed by atoms with Crippen LogP contribution in [-0.4, -0.2) is 37.5 Å². The van der Waals surface area contributed by atoms with Crippen LogP contribution in [0.3, 0.4) is 0 Å². The van der Waals surface area contributed by atoms with E-state index in [-0.39, 0.29) is 17.8 Å². The molecule has 1 atom stereocenters. The average Bonchev–Trinajstić information content (AvgIpc) is 3.02. The summed E-state index contributed by atoms with van der Waals surface area (Å²) >= 11 is 0. The lowest BCUT2D eigenvalue weighted by Crippen LogP contribution is -3.13. The Bertz CT molecular complexity index is 1090. The predicted octanol–water partition coefficient (Wildman–Crippen LogP) is 3.40. The molecule has 1 aromatic heterocycles. The summed E-state index contributed by atoms with van der Waals surface area (Å²) in [5.41, 5.74) is 2.31. The lowest BCUT2D eigenvalue weighted by atomic mass is 10.1. The molecule has 1 unspecified atom stereocenters. The Hall–Kier alpha value is -2.83. The SMILES string of the molecule is Cc1cc(C)cc(Oc2coc3cc(OCC(O)C[NH+]4CCCCCC4)ccc3c2=O)c1. The Labute approximate surface area is 188 Å². The molecule has 1 aliphatic heterocycles. The van der Waals surface area contributed by atoms with E-state index >= 15 is 0 Å². The van der Waals surface area contributed by atoms with E-state index in [1.165, 1.54) is 36.8 Å². The number of quaternary nitrogens is 1. The first-order chi connectivity index (χ1) is 15.5. The van der Waals surface area contributed by atoms with Gasteiger partial charge >= 0.3 is 0 Å². The number of nitrogens with one attached hydrogen (secondary N) is 1. The van der Waals surface area contributed by atoms with Crippen LogP contribution < -0.4 is 19.8 Å². The van der Waals surface area contributed by atoms with Crippen LogP contribution in [0.25, 0.3) is 11.0 Å². The molecule has 2 aromatic carbocycles. The van der Waals surface area contributed by atoms with Crippen molar-refractivity contribution in [3.63, 3.8) is 0 Å². The maximum atomic E-state index is 12.9. The van der Waals surface area contributed by atoms with Crippen LogP contribution in [0, 0.1) is 13.8 Å². The van der Waals surface area contributed by atoms with Gasteiger partial charge in [0.15, 0.2) is 0 Å². The fraction of sp³-hybridized carbons (Fsp3) is 0.423. The van der Waals surface area contributed by atoms with Crippen LogP contribution >= 0.6 is 0 Å². The van der Waals surface area contributed by atoms with Crippen molar-refractivity contribution in [1.29, 1.82) is 0 Å². The zero-order valence-corrected chi connectivity index (χ0v) is 18.9. The van der Waals surface area contributed by atoms with Crippen molar-refractivity contribution >= 4 is 11.0 Å². The zero-order chi connectivity index (χ0) is 22.5. The molecule has 2 N–H and O–H groups in total. The molecule has 0 spiro atoms. The number of likely N-dealkylation sites (tertiary alicyclic amines) is 1. The Morgan fingerprint density at radius 3 is 2.44 bits per heavy atom. The van der Waals surface area contributed by atoms with Gasteiger partial charge in [0.25, 0.3) is 0 Å². The predicted molar refractivity (Wildman–Crippen MR) is 124 cm³/mol. The van der Waals surface area contributed by atoms with Gasteiger partial charge in [-0.15, -0.1) is 0 Å². The molecular weight excluding hydrogens is 406 g/mol. The Balaban J connectivity index is 1.41. The summed E-state index contributed by atoms with van der Waals surface area (Å²) in [6, 6.07) is 10.9. The van der Waals surface area contributed by atoms with Gasteiger partial charge in [0.1, 0.15) is 42.6 Å². The van der Waals surface area contributed by atoms with Crippen molar-refractivity contribution < 1.29 is 23.9 Å². The van der Waals surface area contributed by atoms with Gasteiger partial charge in [0.2, 0.25) is 11.2 Å². The minimum Gasteiger partial charge on any atom is -0.491 e. The molecule has 6 nitrogen and oxygen atoms in total. The normalized spacial score (nSPS) is 16.0. The molecule has 3 aromatic rings. The van der Waals surface area contributed by atoms with Crippen LogP contribution in [0.1, 0.15) is 36.8 Å². The number of aliphatic hydroxyl groups is 1. The summed E-state index contributed by atoms with van der Waals surface area (Å²) in [6.45, 7) is 7.11. The summed E-state index contributed by atoms with van der Waals surface area (Å²) in [5.74, 6) is 1.31. The van der Waals surface area contributed by atoms with Gasteiger partial charge in [-0.05, 0) is 74.9 Å². The third-order valence-corrected chi connectivity index (χ3v) is 5.91. The highest BCUT2D eigenvalue weighted by molar-refractivity contribution is 5.79. The van der Waals surface area contributed by atoms with Crippen LogP contribution in [0.15, 0.2) is 51.9 Å². The zero-order valence-electron chi connectivity index (χ0n) is 18.9. The highest BCUT2D eigenvalue weighted by atomic mass is 16.5. The van der Waals surface area contributed by atoms with Crippen molar-refractivity contribution in [2.24, 2.45) is 0 Å². The molecule has 4 rings (SSSR count). The van der Waals surface area contributed by atoms with Gasteiger partial charge in [-0.1, -0.05) is 6.07 Å². The Morgan fingerprint density at radius 1 is 1.00 bits per heavy atom. The Morgan fingerprint density at radius 2 is 1.72 bits per heavy atom.